The van der Waals surface area contributed by atoms with Crippen molar-refractivity contribution in [1.82, 2.24) is 15.4 Å². The van der Waals surface area contributed by atoms with Crippen molar-refractivity contribution >= 4 is 23.0 Å². The van der Waals surface area contributed by atoms with Crippen LogP contribution in [0.1, 0.15) is 16.1 Å². The van der Waals surface area contributed by atoms with Crippen molar-refractivity contribution in [3.8, 4) is 5.75 Å². The molecule has 7 nitrogen and oxygen atoms in total. The molecule has 0 radical (unpaired) electrons. The number of para-hydroxylation sites is 1. The highest BCUT2D eigenvalue weighted by Crippen LogP contribution is 2.24. The fourth-order valence-electron chi connectivity index (χ4n) is 2.10. The molecule has 0 atom stereocenters. The molecule has 0 saturated carbocycles. The van der Waals surface area contributed by atoms with Gasteiger partial charge in [0.05, 0.1) is 17.4 Å². The highest BCUT2D eigenvalue weighted by Gasteiger charge is 2.18. The van der Waals surface area contributed by atoms with Gasteiger partial charge in [0.2, 0.25) is 0 Å². The maximum absolute atomic E-state index is 12.1. The van der Waals surface area contributed by atoms with Gasteiger partial charge in [-0.15, -0.1) is 0 Å². The number of aromatic hydroxyl groups is 1. The molecule has 0 fully saturated rings. The maximum Gasteiger partial charge on any atom is 0.280 e. The molecule has 1 amide bonds. The smallest absolute Gasteiger partial charge is 0.280 e. The van der Waals surface area contributed by atoms with Crippen molar-refractivity contribution in [2.24, 2.45) is 5.10 Å². The Kier molecular flexibility index (Phi) is 3.84. The zero-order valence-electron chi connectivity index (χ0n) is 11.9. The minimum absolute atomic E-state index is 0.380. The average molecular weight is 308 g/mol. The van der Waals surface area contributed by atoms with E-state index in [2.05, 4.69) is 20.5 Å². The fraction of sp³-hybridized carbons (Fsp3) is 0. The van der Waals surface area contributed by atoms with Gasteiger partial charge < -0.3 is 10.1 Å². The number of H-pyrrole nitrogens is 1. The molecule has 0 aliphatic rings. The number of aromatic nitrogens is 2. The molecule has 3 N–H and O–H groups in total. The topological polar surface area (TPSA) is 107 Å². The zero-order chi connectivity index (χ0) is 16.2. The highest BCUT2D eigenvalue weighted by molar-refractivity contribution is 6.02. The van der Waals surface area contributed by atoms with Crippen molar-refractivity contribution in [3.63, 3.8) is 0 Å². The Hall–Kier alpha value is -3.48. The Bertz CT molecular complexity index is 948. The van der Waals surface area contributed by atoms with Crippen LogP contribution < -0.4 is 11.0 Å². The van der Waals surface area contributed by atoms with Crippen LogP contribution in [0.4, 0.5) is 0 Å². The molecule has 0 spiro atoms. The molecule has 3 aromatic rings. The minimum Gasteiger partial charge on any atom is -0.506 e. The molecule has 3 rings (SSSR count). The first-order chi connectivity index (χ1) is 11.2. The lowest BCUT2D eigenvalue weighted by molar-refractivity contribution is 0.0951. The number of hydrogen-bond acceptors (Lipinski definition) is 5. The molecule has 7 heteroatoms. The van der Waals surface area contributed by atoms with Crippen molar-refractivity contribution < 1.29 is 9.90 Å². The van der Waals surface area contributed by atoms with Crippen LogP contribution in [0.3, 0.4) is 0 Å². The second kappa shape index (κ2) is 6.10. The quantitative estimate of drug-likeness (QED) is 0.502. The first-order valence-corrected chi connectivity index (χ1v) is 6.75. The van der Waals surface area contributed by atoms with E-state index in [1.807, 2.05) is 0 Å². The number of amides is 1. The summed E-state index contributed by atoms with van der Waals surface area (Å²) >= 11 is 0. The van der Waals surface area contributed by atoms with Gasteiger partial charge in [-0.2, -0.15) is 5.10 Å². The van der Waals surface area contributed by atoms with E-state index in [1.165, 1.54) is 6.21 Å². The zero-order valence-corrected chi connectivity index (χ0v) is 11.9. The van der Waals surface area contributed by atoms with Gasteiger partial charge in [0, 0.05) is 11.6 Å². The van der Waals surface area contributed by atoms with Crippen molar-refractivity contribution in [1.29, 1.82) is 0 Å². The Balaban J connectivity index is 1.89. The summed E-state index contributed by atoms with van der Waals surface area (Å²) < 4.78 is 0. The molecule has 114 valence electrons. The van der Waals surface area contributed by atoms with Gasteiger partial charge in [0.1, 0.15) is 11.3 Å². The molecule has 2 heterocycles. The molecule has 0 aliphatic heterocycles. The van der Waals surface area contributed by atoms with E-state index in [1.54, 1.807) is 48.7 Å². The standard InChI is InChI=1S/C16H12N4O3/c21-14-11-6-1-2-7-12(11)19-15(22)13(14)16(23)20-18-9-10-5-3-4-8-17-10/h1-9H,(H,20,23)(H2,19,21,22). The van der Waals surface area contributed by atoms with Crippen molar-refractivity contribution in [3.05, 3.63) is 70.3 Å². The minimum atomic E-state index is -0.804. The number of hydrogen-bond donors (Lipinski definition) is 3. The summed E-state index contributed by atoms with van der Waals surface area (Å²) in [5.41, 5.74) is 2.12. The fourth-order valence-corrected chi connectivity index (χ4v) is 2.10. The van der Waals surface area contributed by atoms with E-state index in [0.717, 1.165) is 0 Å². The van der Waals surface area contributed by atoms with Crippen molar-refractivity contribution in [2.45, 2.75) is 0 Å². The Labute approximate surface area is 130 Å². The molecule has 0 unspecified atom stereocenters. The van der Waals surface area contributed by atoms with Gasteiger partial charge in [-0.05, 0) is 24.3 Å². The van der Waals surface area contributed by atoms with E-state index in [9.17, 15) is 14.7 Å². The lowest BCUT2D eigenvalue weighted by atomic mass is 10.1. The van der Waals surface area contributed by atoms with Crippen LogP contribution in [-0.4, -0.2) is 27.2 Å². The normalized spacial score (nSPS) is 11.0. The SMILES string of the molecule is O=C(NN=Cc1ccccn1)c1c(O)c2ccccc2[nH]c1=O. The van der Waals surface area contributed by atoms with Crippen molar-refractivity contribution in [2.75, 3.05) is 0 Å². The van der Waals surface area contributed by atoms with E-state index < -0.39 is 11.5 Å². The first-order valence-electron chi connectivity index (χ1n) is 6.75. The lowest BCUT2D eigenvalue weighted by Crippen LogP contribution is -2.26. The highest BCUT2D eigenvalue weighted by atomic mass is 16.3. The second-order valence-corrected chi connectivity index (χ2v) is 4.68. The van der Waals surface area contributed by atoms with Crippen LogP contribution in [0.2, 0.25) is 0 Å². The van der Waals surface area contributed by atoms with E-state index in [-0.39, 0.29) is 11.3 Å². The molecule has 23 heavy (non-hydrogen) atoms. The van der Waals surface area contributed by atoms with E-state index in [4.69, 9.17) is 0 Å². The van der Waals surface area contributed by atoms with Gasteiger partial charge >= 0.3 is 0 Å². The number of nitrogens with one attached hydrogen (secondary N) is 2. The summed E-state index contributed by atoms with van der Waals surface area (Å²) in [7, 11) is 0. The number of aromatic amines is 1. The number of pyridine rings is 2. The summed E-state index contributed by atoms with van der Waals surface area (Å²) in [4.78, 5) is 30.6. The van der Waals surface area contributed by atoms with E-state index >= 15 is 0 Å². The van der Waals surface area contributed by atoms with Crippen LogP contribution >= 0.6 is 0 Å². The Morgan fingerprint density at radius 1 is 1.22 bits per heavy atom. The monoisotopic (exact) mass is 308 g/mol. The second-order valence-electron chi connectivity index (χ2n) is 4.68. The van der Waals surface area contributed by atoms with Crippen LogP contribution in [0.25, 0.3) is 10.9 Å². The van der Waals surface area contributed by atoms with Crippen LogP contribution in [-0.2, 0) is 0 Å². The molecule has 0 aliphatic carbocycles. The predicted octanol–water partition coefficient (Wildman–Crippen LogP) is 1.39. The summed E-state index contributed by atoms with van der Waals surface area (Å²) in [6.07, 6.45) is 2.92. The Morgan fingerprint density at radius 2 is 2.00 bits per heavy atom. The third-order valence-electron chi connectivity index (χ3n) is 3.17. The number of carbonyl (C=O) groups is 1. The molecule has 2 aromatic heterocycles. The van der Waals surface area contributed by atoms with Crippen LogP contribution in [0.15, 0.2) is 58.6 Å². The summed E-state index contributed by atoms with van der Waals surface area (Å²) in [5.74, 6) is -1.18. The van der Waals surface area contributed by atoms with Gasteiger partial charge in [-0.1, -0.05) is 18.2 Å². The third-order valence-corrected chi connectivity index (χ3v) is 3.17. The van der Waals surface area contributed by atoms with Gasteiger partial charge in [0.25, 0.3) is 11.5 Å². The van der Waals surface area contributed by atoms with Gasteiger partial charge in [-0.25, -0.2) is 5.43 Å². The first kappa shape index (κ1) is 14.5. The molecule has 0 bridgehead atoms. The maximum atomic E-state index is 12.1. The largest absolute Gasteiger partial charge is 0.506 e. The van der Waals surface area contributed by atoms with Gasteiger partial charge in [-0.3, -0.25) is 14.6 Å². The number of fused-ring (bicyclic) bond motifs is 1. The summed E-state index contributed by atoms with van der Waals surface area (Å²) in [6, 6.07) is 11.9. The summed E-state index contributed by atoms with van der Waals surface area (Å²) in [5, 5.41) is 14.3. The number of carbonyl (C=O) groups excluding carboxylic acids is 1. The molecular weight excluding hydrogens is 296 g/mol. The Morgan fingerprint density at radius 3 is 2.78 bits per heavy atom. The van der Waals surface area contributed by atoms with Crippen LogP contribution in [0.5, 0.6) is 5.75 Å². The molecular formula is C16H12N4O3. The average Bonchev–Trinajstić information content (AvgIpc) is 2.56. The lowest BCUT2D eigenvalue weighted by Gasteiger charge is -2.05. The predicted molar refractivity (Wildman–Crippen MR) is 85.5 cm³/mol. The number of nitrogens with zero attached hydrogens (tertiary/aromatic N) is 2. The van der Waals surface area contributed by atoms with E-state index in [0.29, 0.717) is 16.6 Å². The van der Waals surface area contributed by atoms with Crippen LogP contribution in [0, 0.1) is 0 Å². The third kappa shape index (κ3) is 2.93. The number of benzene rings is 1. The number of hydrazone groups is 1. The number of rotatable bonds is 3. The summed E-state index contributed by atoms with van der Waals surface area (Å²) in [6.45, 7) is 0. The molecule has 0 saturated heterocycles. The molecule has 1 aromatic carbocycles. The van der Waals surface area contributed by atoms with Gasteiger partial charge in [0.15, 0.2) is 0 Å².